The Kier molecular flexibility index (Phi) is 5.65. The van der Waals surface area contributed by atoms with Crippen molar-refractivity contribution in [2.45, 2.75) is 13.3 Å². The van der Waals surface area contributed by atoms with E-state index in [-0.39, 0.29) is 35.8 Å². The second kappa shape index (κ2) is 7.01. The Morgan fingerprint density at radius 2 is 2.06 bits per heavy atom. The smallest absolute Gasteiger partial charge is 0.338 e. The van der Waals surface area contributed by atoms with Crippen LogP contribution in [-0.4, -0.2) is 31.3 Å². The normalized spacial score (nSPS) is 9.94. The van der Waals surface area contributed by atoms with E-state index in [4.69, 9.17) is 21.1 Å². The molecule has 0 radical (unpaired) electrons. The maximum atomic E-state index is 12.0. The molecule has 0 aromatic heterocycles. The van der Waals surface area contributed by atoms with Gasteiger partial charge in [0.15, 0.2) is 5.78 Å². The minimum absolute atomic E-state index is 0.147. The van der Waals surface area contributed by atoms with Crippen molar-refractivity contribution in [1.82, 2.24) is 0 Å². The third kappa shape index (κ3) is 3.23. The number of alkyl halides is 1. The maximum Gasteiger partial charge on any atom is 0.338 e. The van der Waals surface area contributed by atoms with Crippen molar-refractivity contribution in [3.8, 4) is 5.75 Å². The monoisotopic (exact) mass is 270 g/mol. The van der Waals surface area contributed by atoms with E-state index in [0.717, 1.165) is 0 Å². The molecule has 0 N–H and O–H groups in total. The van der Waals surface area contributed by atoms with Crippen molar-refractivity contribution >= 4 is 23.4 Å². The molecular formula is C13H15ClO4. The lowest BCUT2D eigenvalue weighted by Gasteiger charge is -2.11. The first-order valence-corrected chi connectivity index (χ1v) is 6.12. The fraction of sp³-hybridized carbons (Fsp3) is 0.385. The highest BCUT2D eigenvalue weighted by molar-refractivity contribution is 6.20. The molecule has 0 aliphatic carbocycles. The summed E-state index contributed by atoms with van der Waals surface area (Å²) in [6, 6.07) is 4.81. The number of halogens is 1. The Bertz CT molecular complexity index is 443. The highest BCUT2D eigenvalue weighted by atomic mass is 35.5. The molecule has 0 saturated carbocycles. The Morgan fingerprint density at radius 1 is 1.33 bits per heavy atom. The number of hydrogen-bond acceptors (Lipinski definition) is 4. The zero-order valence-electron chi connectivity index (χ0n) is 10.4. The van der Waals surface area contributed by atoms with Gasteiger partial charge in [-0.25, -0.2) is 4.79 Å². The van der Waals surface area contributed by atoms with Crippen LogP contribution in [0, 0.1) is 0 Å². The predicted molar refractivity (Wildman–Crippen MR) is 68.6 cm³/mol. The zero-order chi connectivity index (χ0) is 13.5. The average Bonchev–Trinajstić information content (AvgIpc) is 2.38. The van der Waals surface area contributed by atoms with E-state index in [2.05, 4.69) is 0 Å². The molecule has 1 aromatic carbocycles. The van der Waals surface area contributed by atoms with Gasteiger partial charge in [-0.3, -0.25) is 4.79 Å². The number of carbonyl (C=O) groups is 2. The van der Waals surface area contributed by atoms with Crippen molar-refractivity contribution in [2.24, 2.45) is 0 Å². The van der Waals surface area contributed by atoms with Crippen molar-refractivity contribution < 1.29 is 19.1 Å². The number of hydrogen-bond donors (Lipinski definition) is 0. The lowest BCUT2D eigenvalue weighted by Crippen LogP contribution is -2.13. The summed E-state index contributed by atoms with van der Waals surface area (Å²) in [6.07, 6.45) is 0.147. The number of benzene rings is 1. The number of carbonyl (C=O) groups excluding carboxylic acids is 2. The molecule has 5 heteroatoms. The van der Waals surface area contributed by atoms with Gasteiger partial charge >= 0.3 is 5.97 Å². The molecular weight excluding hydrogens is 256 g/mol. The van der Waals surface area contributed by atoms with Crippen molar-refractivity contribution in [1.29, 1.82) is 0 Å². The highest BCUT2D eigenvalue weighted by Gasteiger charge is 2.21. The van der Waals surface area contributed by atoms with Crippen LogP contribution in [0.1, 0.15) is 34.1 Å². The van der Waals surface area contributed by atoms with Gasteiger partial charge in [-0.05, 0) is 19.1 Å². The number of ketones is 1. The minimum atomic E-state index is -0.533. The first kappa shape index (κ1) is 14.5. The molecule has 0 fully saturated rings. The molecule has 18 heavy (non-hydrogen) atoms. The molecule has 0 unspecified atom stereocenters. The summed E-state index contributed by atoms with van der Waals surface area (Å²) in [6.45, 7) is 1.96. The van der Waals surface area contributed by atoms with Gasteiger partial charge in [0.05, 0.1) is 24.8 Å². The van der Waals surface area contributed by atoms with Gasteiger partial charge in [0, 0.05) is 12.3 Å². The van der Waals surface area contributed by atoms with Crippen LogP contribution in [0.4, 0.5) is 0 Å². The molecule has 1 rings (SSSR count). The van der Waals surface area contributed by atoms with E-state index in [0.29, 0.717) is 5.75 Å². The van der Waals surface area contributed by atoms with Gasteiger partial charge in [-0.15, -0.1) is 11.6 Å². The number of ether oxygens (including phenoxy) is 2. The summed E-state index contributed by atoms with van der Waals surface area (Å²) in [5.41, 5.74) is 0.449. The van der Waals surface area contributed by atoms with E-state index in [1.54, 1.807) is 25.1 Å². The lowest BCUT2D eigenvalue weighted by molar-refractivity contribution is 0.0522. The quantitative estimate of drug-likeness (QED) is 0.453. The van der Waals surface area contributed by atoms with E-state index in [1.165, 1.54) is 7.11 Å². The van der Waals surface area contributed by atoms with Crippen LogP contribution in [0.15, 0.2) is 18.2 Å². The number of Topliss-reactive ketones (excluding diaryl/α,β-unsaturated/α-hetero) is 1. The second-order valence-electron chi connectivity index (χ2n) is 3.47. The minimum Gasteiger partial charge on any atom is -0.496 e. The Labute approximate surface area is 111 Å². The van der Waals surface area contributed by atoms with E-state index >= 15 is 0 Å². The number of esters is 1. The summed E-state index contributed by atoms with van der Waals surface area (Å²) in [5.74, 6) is -0.213. The molecule has 0 spiro atoms. The van der Waals surface area contributed by atoms with Crippen LogP contribution in [0.3, 0.4) is 0 Å². The molecule has 0 heterocycles. The Hall–Kier alpha value is -1.55. The highest BCUT2D eigenvalue weighted by Crippen LogP contribution is 2.24. The number of rotatable bonds is 6. The molecule has 1 aromatic rings. The molecule has 0 atom stereocenters. The largest absolute Gasteiger partial charge is 0.496 e. The molecule has 0 amide bonds. The van der Waals surface area contributed by atoms with Gasteiger partial charge in [0.25, 0.3) is 0 Å². The standard InChI is InChI=1S/C13H15ClO4/c1-3-18-13(16)9-5-4-6-11(17-2)12(9)10(15)7-8-14/h4-6H,3,7-8H2,1-2H3. The van der Waals surface area contributed by atoms with E-state index in [9.17, 15) is 9.59 Å². The Balaban J connectivity index is 3.24. The van der Waals surface area contributed by atoms with E-state index in [1.807, 2.05) is 0 Å². The fourth-order valence-corrected chi connectivity index (χ4v) is 1.75. The van der Waals surface area contributed by atoms with Crippen molar-refractivity contribution in [3.63, 3.8) is 0 Å². The van der Waals surface area contributed by atoms with Crippen LogP contribution >= 0.6 is 11.6 Å². The first-order chi connectivity index (χ1) is 8.65. The maximum absolute atomic E-state index is 12.0. The lowest BCUT2D eigenvalue weighted by atomic mass is 10.0. The van der Waals surface area contributed by atoms with Gasteiger partial charge in [-0.1, -0.05) is 6.07 Å². The number of methoxy groups -OCH3 is 1. The van der Waals surface area contributed by atoms with Gasteiger partial charge in [0.2, 0.25) is 0 Å². The van der Waals surface area contributed by atoms with Gasteiger partial charge in [-0.2, -0.15) is 0 Å². The fourth-order valence-electron chi connectivity index (χ4n) is 1.58. The van der Waals surface area contributed by atoms with Crippen LogP contribution < -0.4 is 4.74 Å². The summed E-state index contributed by atoms with van der Waals surface area (Å²) >= 11 is 5.56. The summed E-state index contributed by atoms with van der Waals surface area (Å²) in [4.78, 5) is 23.8. The molecule has 0 aliphatic heterocycles. The first-order valence-electron chi connectivity index (χ1n) is 5.59. The molecule has 0 bridgehead atoms. The van der Waals surface area contributed by atoms with Gasteiger partial charge in [0.1, 0.15) is 5.75 Å². The van der Waals surface area contributed by atoms with Crippen LogP contribution in [0.5, 0.6) is 5.75 Å². The molecule has 4 nitrogen and oxygen atoms in total. The summed E-state index contributed by atoms with van der Waals surface area (Å²) in [7, 11) is 1.45. The van der Waals surface area contributed by atoms with Crippen LogP contribution in [0.25, 0.3) is 0 Å². The third-order valence-corrected chi connectivity index (χ3v) is 2.53. The topological polar surface area (TPSA) is 52.6 Å². The molecule has 0 saturated heterocycles. The van der Waals surface area contributed by atoms with Crippen molar-refractivity contribution in [2.75, 3.05) is 19.6 Å². The van der Waals surface area contributed by atoms with Crippen molar-refractivity contribution in [3.05, 3.63) is 29.3 Å². The Morgan fingerprint density at radius 3 is 2.61 bits per heavy atom. The van der Waals surface area contributed by atoms with Crippen LogP contribution in [0.2, 0.25) is 0 Å². The average molecular weight is 271 g/mol. The van der Waals surface area contributed by atoms with Crippen LogP contribution in [-0.2, 0) is 4.74 Å². The summed E-state index contributed by atoms with van der Waals surface area (Å²) in [5, 5.41) is 0. The third-order valence-electron chi connectivity index (χ3n) is 2.34. The summed E-state index contributed by atoms with van der Waals surface area (Å²) < 4.78 is 10.0. The molecule has 0 aliphatic rings. The van der Waals surface area contributed by atoms with E-state index < -0.39 is 5.97 Å². The SMILES string of the molecule is CCOC(=O)c1cccc(OC)c1C(=O)CCCl. The predicted octanol–water partition coefficient (Wildman–Crippen LogP) is 2.68. The second-order valence-corrected chi connectivity index (χ2v) is 3.84. The zero-order valence-corrected chi connectivity index (χ0v) is 11.1. The van der Waals surface area contributed by atoms with Gasteiger partial charge < -0.3 is 9.47 Å². The molecule has 98 valence electrons.